The average molecular weight is 317 g/mol. The first kappa shape index (κ1) is 16.2. The van der Waals surface area contributed by atoms with E-state index in [0.717, 1.165) is 5.69 Å². The molecule has 1 aromatic carbocycles. The first-order chi connectivity index (χ1) is 10.5. The van der Waals surface area contributed by atoms with Gasteiger partial charge in [-0.15, -0.1) is 11.7 Å². The minimum absolute atomic E-state index is 0.0699. The lowest BCUT2D eigenvalue weighted by molar-refractivity contribution is -0.120. The third kappa shape index (κ3) is 3.73. The fourth-order valence-corrected chi connectivity index (χ4v) is 2.63. The number of thioether (sulfide) groups is 1. The van der Waals surface area contributed by atoms with Crippen LogP contribution in [0.4, 0.5) is 0 Å². The monoisotopic (exact) mass is 317 g/mol. The van der Waals surface area contributed by atoms with Crippen LogP contribution >= 0.6 is 11.8 Å². The summed E-state index contributed by atoms with van der Waals surface area (Å²) >= 11 is 1.32. The van der Waals surface area contributed by atoms with Crippen molar-refractivity contribution in [3.05, 3.63) is 42.0 Å². The van der Waals surface area contributed by atoms with Crippen LogP contribution in [-0.4, -0.2) is 37.9 Å². The largest absolute Gasteiger partial charge is 0.352 e. The third-order valence-corrected chi connectivity index (χ3v) is 4.28. The minimum Gasteiger partial charge on any atom is -0.352 e. The molecule has 2 aromatic rings. The van der Waals surface area contributed by atoms with Crippen LogP contribution in [0.15, 0.2) is 36.0 Å². The van der Waals surface area contributed by atoms with Crippen LogP contribution in [0.25, 0.3) is 5.69 Å². The Morgan fingerprint density at radius 1 is 1.45 bits per heavy atom. The maximum Gasteiger partial charge on any atom is 0.233 e. The lowest BCUT2D eigenvalue weighted by Crippen LogP contribution is -2.31. The molecule has 0 aliphatic heterocycles. The van der Waals surface area contributed by atoms with Gasteiger partial charge in [-0.3, -0.25) is 4.79 Å². The molecule has 0 saturated carbocycles. The molecule has 0 fully saturated rings. The molecule has 0 spiro atoms. The van der Waals surface area contributed by atoms with E-state index in [9.17, 15) is 4.79 Å². The molecule has 1 amide bonds. The number of amides is 1. The van der Waals surface area contributed by atoms with Crippen molar-refractivity contribution < 1.29 is 4.79 Å². The Labute approximate surface area is 134 Å². The minimum atomic E-state index is -0.295. The van der Waals surface area contributed by atoms with E-state index in [2.05, 4.69) is 34.3 Å². The van der Waals surface area contributed by atoms with E-state index in [1.54, 1.807) is 10.8 Å². The van der Waals surface area contributed by atoms with Crippen molar-refractivity contribution in [3.8, 4) is 5.69 Å². The zero-order chi connectivity index (χ0) is 16.1. The van der Waals surface area contributed by atoms with Crippen molar-refractivity contribution in [2.75, 3.05) is 6.54 Å². The summed E-state index contributed by atoms with van der Waals surface area (Å²) in [6.07, 6.45) is 1.65. The van der Waals surface area contributed by atoms with Gasteiger partial charge in [-0.1, -0.05) is 23.9 Å². The first-order valence-corrected chi connectivity index (χ1v) is 7.82. The molecule has 1 aromatic heterocycles. The zero-order valence-electron chi connectivity index (χ0n) is 12.9. The molecule has 1 N–H and O–H groups in total. The molecule has 2 rings (SSSR count). The number of carbonyl (C=O) groups is 1. The summed E-state index contributed by atoms with van der Waals surface area (Å²) in [6, 6.07) is 6.02. The second-order valence-corrected chi connectivity index (χ2v) is 6.24. The maximum atomic E-state index is 11.9. The number of benzene rings is 1. The highest BCUT2D eigenvalue weighted by atomic mass is 32.2. The summed E-state index contributed by atoms with van der Waals surface area (Å²) in [6.45, 7) is 9.95. The van der Waals surface area contributed by atoms with Crippen LogP contribution in [0.1, 0.15) is 18.1 Å². The highest BCUT2D eigenvalue weighted by Crippen LogP contribution is 2.23. The number of hydrogen-bond acceptors (Lipinski definition) is 5. The van der Waals surface area contributed by atoms with E-state index < -0.39 is 0 Å². The summed E-state index contributed by atoms with van der Waals surface area (Å²) in [5, 5.41) is 14.8. The van der Waals surface area contributed by atoms with Gasteiger partial charge in [0.15, 0.2) is 0 Å². The Morgan fingerprint density at radius 2 is 2.23 bits per heavy atom. The molecule has 1 atom stereocenters. The van der Waals surface area contributed by atoms with Crippen LogP contribution in [0.2, 0.25) is 0 Å². The van der Waals surface area contributed by atoms with E-state index in [0.29, 0.717) is 11.7 Å². The number of aryl methyl sites for hydroxylation is 2. The zero-order valence-corrected chi connectivity index (χ0v) is 13.7. The van der Waals surface area contributed by atoms with E-state index in [4.69, 9.17) is 0 Å². The summed E-state index contributed by atoms with van der Waals surface area (Å²) in [5.74, 6) is -0.0699. The number of carbonyl (C=O) groups excluding carboxylic acids is 1. The number of tetrazole rings is 1. The van der Waals surface area contributed by atoms with Gasteiger partial charge in [-0.05, 0) is 54.5 Å². The van der Waals surface area contributed by atoms with Crippen molar-refractivity contribution in [3.63, 3.8) is 0 Å². The van der Waals surface area contributed by atoms with E-state index in [1.807, 2.05) is 32.0 Å². The Hall–Kier alpha value is -2.15. The summed E-state index contributed by atoms with van der Waals surface area (Å²) in [7, 11) is 0. The van der Waals surface area contributed by atoms with Gasteiger partial charge in [0.25, 0.3) is 0 Å². The van der Waals surface area contributed by atoms with Crippen LogP contribution in [-0.2, 0) is 4.79 Å². The quantitative estimate of drug-likeness (QED) is 0.652. The lowest BCUT2D eigenvalue weighted by atomic mass is 10.1. The van der Waals surface area contributed by atoms with Crippen molar-refractivity contribution in [2.45, 2.75) is 31.2 Å². The molecule has 6 nitrogen and oxygen atoms in total. The molecule has 0 bridgehead atoms. The lowest BCUT2D eigenvalue weighted by Gasteiger charge is -2.11. The van der Waals surface area contributed by atoms with Crippen molar-refractivity contribution in [1.29, 1.82) is 0 Å². The van der Waals surface area contributed by atoms with Gasteiger partial charge >= 0.3 is 0 Å². The second kappa shape index (κ2) is 7.22. The standard InChI is InChI=1S/C15H19N5OS/c1-5-8-16-14(21)12(4)22-15-17-18-19-20(15)13-7-6-10(2)11(3)9-13/h5-7,9,12H,1,8H2,2-4H3,(H,16,21)/t12-/m1/s1. The molecule has 0 saturated heterocycles. The SMILES string of the molecule is C=CCNC(=O)[C@@H](C)Sc1nnnn1-c1ccc(C)c(C)c1. The van der Waals surface area contributed by atoms with Gasteiger partial charge < -0.3 is 5.32 Å². The summed E-state index contributed by atoms with van der Waals surface area (Å²) in [5.41, 5.74) is 3.26. The summed E-state index contributed by atoms with van der Waals surface area (Å²) < 4.78 is 1.65. The number of hydrogen-bond donors (Lipinski definition) is 1. The number of aromatic nitrogens is 4. The Balaban J connectivity index is 2.17. The Kier molecular flexibility index (Phi) is 5.32. The fraction of sp³-hybridized carbons (Fsp3) is 0.333. The third-order valence-electron chi connectivity index (χ3n) is 3.25. The van der Waals surface area contributed by atoms with Crippen LogP contribution in [0.5, 0.6) is 0 Å². The highest BCUT2D eigenvalue weighted by molar-refractivity contribution is 8.00. The fourth-order valence-electron chi connectivity index (χ4n) is 1.80. The van der Waals surface area contributed by atoms with Crippen LogP contribution < -0.4 is 5.32 Å². The molecule has 7 heteroatoms. The molecular weight excluding hydrogens is 298 g/mol. The van der Waals surface area contributed by atoms with Crippen molar-refractivity contribution in [1.82, 2.24) is 25.5 Å². The topological polar surface area (TPSA) is 72.7 Å². The van der Waals surface area contributed by atoms with Gasteiger partial charge in [-0.25, -0.2) is 0 Å². The normalized spacial score (nSPS) is 12.0. The second-order valence-electron chi connectivity index (χ2n) is 4.94. The average Bonchev–Trinajstić information content (AvgIpc) is 2.95. The van der Waals surface area contributed by atoms with Gasteiger partial charge in [-0.2, -0.15) is 4.68 Å². The van der Waals surface area contributed by atoms with Crippen LogP contribution in [0, 0.1) is 13.8 Å². The number of nitrogens with one attached hydrogen (secondary N) is 1. The molecule has 0 aliphatic rings. The predicted molar refractivity (Wildman–Crippen MR) is 87.2 cm³/mol. The summed E-state index contributed by atoms with van der Waals surface area (Å²) in [4.78, 5) is 11.9. The van der Waals surface area contributed by atoms with Gasteiger partial charge in [0.2, 0.25) is 11.1 Å². The first-order valence-electron chi connectivity index (χ1n) is 6.94. The predicted octanol–water partition coefficient (Wildman–Crippen LogP) is 2.06. The molecule has 0 aliphatic carbocycles. The molecule has 22 heavy (non-hydrogen) atoms. The van der Waals surface area contributed by atoms with E-state index >= 15 is 0 Å². The number of rotatable bonds is 6. The highest BCUT2D eigenvalue weighted by Gasteiger charge is 2.18. The molecule has 0 radical (unpaired) electrons. The molecular formula is C15H19N5OS. The molecule has 116 valence electrons. The van der Waals surface area contributed by atoms with Crippen molar-refractivity contribution in [2.24, 2.45) is 0 Å². The number of nitrogens with zero attached hydrogens (tertiary/aromatic N) is 4. The maximum absolute atomic E-state index is 11.9. The van der Waals surface area contributed by atoms with Gasteiger partial charge in [0.05, 0.1) is 10.9 Å². The molecule has 1 heterocycles. The van der Waals surface area contributed by atoms with Crippen molar-refractivity contribution >= 4 is 17.7 Å². The Bertz CT molecular complexity index is 682. The van der Waals surface area contributed by atoms with Gasteiger partial charge in [0, 0.05) is 6.54 Å². The smallest absolute Gasteiger partial charge is 0.233 e. The van der Waals surface area contributed by atoms with Crippen LogP contribution in [0.3, 0.4) is 0 Å². The van der Waals surface area contributed by atoms with Gasteiger partial charge in [0.1, 0.15) is 0 Å². The Morgan fingerprint density at radius 3 is 2.91 bits per heavy atom. The van der Waals surface area contributed by atoms with E-state index in [1.165, 1.54) is 22.9 Å². The van der Waals surface area contributed by atoms with E-state index in [-0.39, 0.29) is 11.2 Å². The molecule has 0 unspecified atom stereocenters.